The van der Waals surface area contributed by atoms with E-state index in [1.807, 2.05) is 0 Å². The maximum atomic E-state index is 11.2. The Labute approximate surface area is 86.0 Å². The fraction of sp³-hybridized carbons (Fsp3) is 0.222. The van der Waals surface area contributed by atoms with E-state index in [0.29, 0.717) is 0 Å². The van der Waals surface area contributed by atoms with E-state index in [-0.39, 0.29) is 22.1 Å². The van der Waals surface area contributed by atoms with Crippen LogP contribution in [0.15, 0.2) is 12.1 Å². The van der Waals surface area contributed by atoms with Crippen LogP contribution in [0.25, 0.3) is 0 Å². The van der Waals surface area contributed by atoms with Crippen molar-refractivity contribution in [2.24, 2.45) is 0 Å². The molecule has 0 aliphatic carbocycles. The first kappa shape index (κ1) is 10.7. The Kier molecular flexibility index (Phi) is 3.19. The van der Waals surface area contributed by atoms with Gasteiger partial charge in [-0.2, -0.15) is 0 Å². The molecule has 0 radical (unpaired) electrons. The highest BCUT2D eigenvalue weighted by Gasteiger charge is 2.17. The minimum absolute atomic E-state index is 0.0972. The minimum atomic E-state index is -0.611. The Morgan fingerprint density at radius 1 is 1.43 bits per heavy atom. The van der Waals surface area contributed by atoms with Crippen molar-refractivity contribution < 1.29 is 19.4 Å². The molecule has 0 fully saturated rings. The first-order chi connectivity index (χ1) is 6.60. The summed E-state index contributed by atoms with van der Waals surface area (Å²) in [6.45, 7) is 0. The molecule has 0 heterocycles. The van der Waals surface area contributed by atoms with Crippen LogP contribution in [0.3, 0.4) is 0 Å². The average Bonchev–Trinajstić information content (AvgIpc) is 2.15. The van der Waals surface area contributed by atoms with Gasteiger partial charge in [0.2, 0.25) is 0 Å². The number of phenolic OH excluding ortho intramolecular Hbond substituents is 1. The molecule has 0 amide bonds. The smallest absolute Gasteiger partial charge is 0.341 e. The molecule has 0 unspecified atom stereocenters. The van der Waals surface area contributed by atoms with E-state index < -0.39 is 5.97 Å². The van der Waals surface area contributed by atoms with Crippen LogP contribution >= 0.6 is 11.6 Å². The topological polar surface area (TPSA) is 55.8 Å². The first-order valence-corrected chi connectivity index (χ1v) is 4.12. The Hall–Kier alpha value is -1.42. The molecule has 0 aliphatic rings. The van der Waals surface area contributed by atoms with Crippen molar-refractivity contribution in [3.8, 4) is 11.5 Å². The zero-order valence-corrected chi connectivity index (χ0v) is 8.46. The van der Waals surface area contributed by atoms with Crippen molar-refractivity contribution in [3.63, 3.8) is 0 Å². The van der Waals surface area contributed by atoms with E-state index in [4.69, 9.17) is 16.3 Å². The van der Waals surface area contributed by atoms with Gasteiger partial charge in [0, 0.05) is 6.07 Å². The summed E-state index contributed by atoms with van der Waals surface area (Å²) < 4.78 is 9.41. The van der Waals surface area contributed by atoms with Crippen LogP contribution in [-0.2, 0) is 4.74 Å². The van der Waals surface area contributed by atoms with Crippen molar-refractivity contribution in [1.82, 2.24) is 0 Å². The van der Waals surface area contributed by atoms with E-state index in [1.165, 1.54) is 26.4 Å². The zero-order chi connectivity index (χ0) is 10.7. The van der Waals surface area contributed by atoms with Gasteiger partial charge in [-0.3, -0.25) is 0 Å². The van der Waals surface area contributed by atoms with Crippen molar-refractivity contribution in [3.05, 3.63) is 22.7 Å². The van der Waals surface area contributed by atoms with E-state index in [9.17, 15) is 9.90 Å². The number of benzene rings is 1. The third-order valence-corrected chi connectivity index (χ3v) is 1.92. The second kappa shape index (κ2) is 4.19. The summed E-state index contributed by atoms with van der Waals surface area (Å²) in [7, 11) is 2.62. The molecule has 14 heavy (non-hydrogen) atoms. The number of rotatable bonds is 2. The lowest BCUT2D eigenvalue weighted by Crippen LogP contribution is -2.04. The van der Waals surface area contributed by atoms with Gasteiger partial charge in [-0.05, 0) is 6.07 Å². The molecule has 0 aliphatic heterocycles. The lowest BCUT2D eigenvalue weighted by Gasteiger charge is -2.08. The molecule has 1 aromatic carbocycles. The monoisotopic (exact) mass is 216 g/mol. The molecule has 1 N–H and O–H groups in total. The van der Waals surface area contributed by atoms with Gasteiger partial charge >= 0.3 is 5.97 Å². The van der Waals surface area contributed by atoms with E-state index in [1.54, 1.807) is 0 Å². The SMILES string of the molecule is COC(=O)c1cc(O)cc(Cl)c1OC. The average molecular weight is 217 g/mol. The molecule has 4 nitrogen and oxygen atoms in total. The molecule has 76 valence electrons. The Morgan fingerprint density at radius 3 is 2.57 bits per heavy atom. The number of phenols is 1. The summed E-state index contributed by atoms with van der Waals surface area (Å²) in [4.78, 5) is 11.2. The molecule has 0 atom stereocenters. The molecule has 0 saturated carbocycles. The molecule has 0 spiro atoms. The van der Waals surface area contributed by atoms with E-state index in [0.717, 1.165) is 0 Å². The van der Waals surface area contributed by atoms with Crippen molar-refractivity contribution in [2.45, 2.75) is 0 Å². The highest BCUT2D eigenvalue weighted by atomic mass is 35.5. The third-order valence-electron chi connectivity index (χ3n) is 1.64. The van der Waals surface area contributed by atoms with E-state index >= 15 is 0 Å². The molecule has 0 bridgehead atoms. The third kappa shape index (κ3) is 1.90. The molecule has 0 aromatic heterocycles. The summed E-state index contributed by atoms with van der Waals surface area (Å²) >= 11 is 5.74. The lowest BCUT2D eigenvalue weighted by atomic mass is 10.2. The normalized spacial score (nSPS) is 9.64. The van der Waals surface area contributed by atoms with Gasteiger partial charge in [-0.1, -0.05) is 11.6 Å². The number of halogens is 1. The van der Waals surface area contributed by atoms with Crippen LogP contribution in [0.2, 0.25) is 5.02 Å². The number of carbonyl (C=O) groups is 1. The van der Waals surface area contributed by atoms with E-state index in [2.05, 4.69) is 4.74 Å². The maximum Gasteiger partial charge on any atom is 0.341 e. The van der Waals surface area contributed by atoms with Gasteiger partial charge in [0.25, 0.3) is 0 Å². The Morgan fingerprint density at radius 2 is 2.07 bits per heavy atom. The summed E-state index contributed by atoms with van der Waals surface area (Å²) in [5, 5.41) is 9.37. The second-order valence-corrected chi connectivity index (χ2v) is 2.91. The van der Waals surface area contributed by atoms with Crippen LogP contribution < -0.4 is 4.74 Å². The number of carbonyl (C=O) groups excluding carboxylic acids is 1. The predicted molar refractivity (Wildman–Crippen MR) is 51.0 cm³/mol. The fourth-order valence-corrected chi connectivity index (χ4v) is 1.34. The van der Waals surface area contributed by atoms with Gasteiger partial charge < -0.3 is 14.6 Å². The summed E-state index contributed by atoms with van der Waals surface area (Å²) in [5.41, 5.74) is 0.0972. The zero-order valence-electron chi connectivity index (χ0n) is 7.70. The first-order valence-electron chi connectivity index (χ1n) is 3.75. The van der Waals surface area contributed by atoms with Crippen LogP contribution in [0, 0.1) is 0 Å². The number of hydrogen-bond donors (Lipinski definition) is 1. The number of hydrogen-bond acceptors (Lipinski definition) is 4. The van der Waals surface area contributed by atoms with Gasteiger partial charge in [0.1, 0.15) is 11.3 Å². The van der Waals surface area contributed by atoms with Crippen LogP contribution in [0.4, 0.5) is 0 Å². The number of ether oxygens (including phenoxy) is 2. The molecule has 0 saturated heterocycles. The molecule has 5 heteroatoms. The molecular formula is C9H9ClO4. The second-order valence-electron chi connectivity index (χ2n) is 2.50. The van der Waals surface area contributed by atoms with Gasteiger partial charge in [0.15, 0.2) is 5.75 Å². The van der Waals surface area contributed by atoms with Gasteiger partial charge in [0.05, 0.1) is 19.2 Å². The molecule has 1 rings (SSSR count). The number of esters is 1. The highest BCUT2D eigenvalue weighted by Crippen LogP contribution is 2.32. The minimum Gasteiger partial charge on any atom is -0.508 e. The van der Waals surface area contributed by atoms with Gasteiger partial charge in [-0.15, -0.1) is 0 Å². The standard InChI is InChI=1S/C9H9ClO4/c1-13-8-6(9(12)14-2)3-5(11)4-7(8)10/h3-4,11H,1-2H3. The summed E-state index contributed by atoms with van der Waals surface area (Å²) in [6.07, 6.45) is 0. The molecular weight excluding hydrogens is 208 g/mol. The van der Waals surface area contributed by atoms with Gasteiger partial charge in [-0.25, -0.2) is 4.79 Å². The quantitative estimate of drug-likeness (QED) is 0.767. The number of aromatic hydroxyl groups is 1. The highest BCUT2D eigenvalue weighted by molar-refractivity contribution is 6.32. The lowest BCUT2D eigenvalue weighted by molar-refractivity contribution is 0.0596. The van der Waals surface area contributed by atoms with Crippen LogP contribution in [-0.4, -0.2) is 25.3 Å². The van der Waals surface area contributed by atoms with Crippen molar-refractivity contribution in [2.75, 3.05) is 14.2 Å². The largest absolute Gasteiger partial charge is 0.508 e. The van der Waals surface area contributed by atoms with Crippen molar-refractivity contribution in [1.29, 1.82) is 0 Å². The fourth-order valence-electron chi connectivity index (χ4n) is 1.05. The Balaban J connectivity index is 3.32. The summed E-state index contributed by atoms with van der Waals surface area (Å²) in [5.74, 6) is -0.535. The Bertz CT molecular complexity index is 362. The predicted octanol–water partition coefficient (Wildman–Crippen LogP) is 1.84. The van der Waals surface area contributed by atoms with Crippen molar-refractivity contribution >= 4 is 17.6 Å². The number of methoxy groups -OCH3 is 2. The van der Waals surface area contributed by atoms with Crippen LogP contribution in [0.1, 0.15) is 10.4 Å². The van der Waals surface area contributed by atoms with Crippen LogP contribution in [0.5, 0.6) is 11.5 Å². The maximum absolute atomic E-state index is 11.2. The summed E-state index contributed by atoms with van der Waals surface area (Å²) in [6, 6.07) is 2.52. The molecule has 1 aromatic rings.